The van der Waals surface area contributed by atoms with E-state index in [1.54, 1.807) is 24.3 Å². The average molecular weight is 336 g/mol. The third-order valence-electron chi connectivity index (χ3n) is 2.26. The van der Waals surface area contributed by atoms with E-state index < -0.39 is 15.9 Å². The van der Waals surface area contributed by atoms with Crippen LogP contribution >= 0.6 is 15.9 Å². The molecular weight excluding hydrogens is 322 g/mol. The number of benzene rings is 1. The summed E-state index contributed by atoms with van der Waals surface area (Å²) in [7, 11) is -3.53. The molecule has 0 saturated heterocycles. The zero-order valence-corrected chi connectivity index (χ0v) is 12.2. The zero-order chi connectivity index (χ0) is 13.8. The molecule has 0 saturated carbocycles. The first-order valence-corrected chi connectivity index (χ1v) is 7.56. The van der Waals surface area contributed by atoms with E-state index >= 15 is 0 Å². The molecule has 0 fully saturated rings. The first-order valence-electron chi connectivity index (χ1n) is 5.16. The van der Waals surface area contributed by atoms with E-state index in [0.29, 0.717) is 5.69 Å². The van der Waals surface area contributed by atoms with E-state index in [-0.39, 0.29) is 12.3 Å². The van der Waals surface area contributed by atoms with Crippen molar-refractivity contribution < 1.29 is 13.2 Å². The van der Waals surface area contributed by atoms with Gasteiger partial charge in [-0.25, -0.2) is 14.3 Å². The third-order valence-corrected chi connectivity index (χ3v) is 4.53. The van der Waals surface area contributed by atoms with Gasteiger partial charge in [0.25, 0.3) is 5.91 Å². The number of sulfonamides is 1. The van der Waals surface area contributed by atoms with Gasteiger partial charge in [0.15, 0.2) is 0 Å². The van der Waals surface area contributed by atoms with Gasteiger partial charge in [0, 0.05) is 4.47 Å². The Morgan fingerprint density at radius 3 is 2.39 bits per heavy atom. The van der Waals surface area contributed by atoms with Gasteiger partial charge in [-0.3, -0.25) is 14.5 Å². The summed E-state index contributed by atoms with van der Waals surface area (Å²) >= 11 is 3.26. The van der Waals surface area contributed by atoms with Gasteiger partial charge in [0.1, 0.15) is 6.54 Å². The molecule has 0 aliphatic heterocycles. The van der Waals surface area contributed by atoms with Gasteiger partial charge in [-0.2, -0.15) is 0 Å². The molecule has 0 radical (unpaired) electrons. The van der Waals surface area contributed by atoms with Crippen LogP contribution in [0.5, 0.6) is 0 Å². The molecule has 0 aromatic heterocycles. The van der Waals surface area contributed by atoms with Gasteiger partial charge < -0.3 is 0 Å². The number of carbonyl (C=O) groups is 1. The molecule has 1 rings (SSSR count). The molecule has 0 bridgehead atoms. The fourth-order valence-corrected chi connectivity index (χ4v) is 2.62. The number of hydrogen-bond acceptors (Lipinski definition) is 4. The second kappa shape index (κ2) is 6.17. The van der Waals surface area contributed by atoms with E-state index in [4.69, 9.17) is 5.84 Å². The summed E-state index contributed by atoms with van der Waals surface area (Å²) < 4.78 is 25.7. The van der Waals surface area contributed by atoms with E-state index in [1.165, 1.54) is 6.92 Å². The predicted octanol–water partition coefficient (Wildman–Crippen LogP) is 0.595. The summed E-state index contributed by atoms with van der Waals surface area (Å²) in [5.41, 5.74) is 2.34. The van der Waals surface area contributed by atoms with Crippen molar-refractivity contribution in [3.63, 3.8) is 0 Å². The molecule has 0 spiro atoms. The summed E-state index contributed by atoms with van der Waals surface area (Å²) in [6, 6.07) is 6.63. The topological polar surface area (TPSA) is 92.5 Å². The van der Waals surface area contributed by atoms with Crippen LogP contribution < -0.4 is 15.6 Å². The Morgan fingerprint density at radius 2 is 1.94 bits per heavy atom. The van der Waals surface area contributed by atoms with Crippen molar-refractivity contribution in [2.24, 2.45) is 5.84 Å². The van der Waals surface area contributed by atoms with Crippen LogP contribution in [0, 0.1) is 0 Å². The van der Waals surface area contributed by atoms with Gasteiger partial charge in [0.05, 0.1) is 11.4 Å². The van der Waals surface area contributed by atoms with Gasteiger partial charge in [-0.05, 0) is 31.2 Å². The number of nitrogens with two attached hydrogens (primary N) is 1. The second-order valence-electron chi connectivity index (χ2n) is 3.45. The molecular formula is C10H14BrN3O3S. The van der Waals surface area contributed by atoms with E-state index in [1.807, 2.05) is 5.43 Å². The second-order valence-corrected chi connectivity index (χ2v) is 6.55. The maximum atomic E-state index is 11.9. The van der Waals surface area contributed by atoms with Crippen LogP contribution in [0.4, 0.5) is 5.69 Å². The first-order chi connectivity index (χ1) is 8.40. The van der Waals surface area contributed by atoms with E-state index in [0.717, 1.165) is 8.78 Å². The van der Waals surface area contributed by atoms with Crippen LogP contribution in [0.15, 0.2) is 28.7 Å². The highest BCUT2D eigenvalue weighted by Crippen LogP contribution is 2.21. The average Bonchev–Trinajstić information content (AvgIpc) is 2.36. The lowest BCUT2D eigenvalue weighted by Crippen LogP contribution is -2.43. The number of nitrogens with one attached hydrogen (secondary N) is 1. The van der Waals surface area contributed by atoms with Crippen LogP contribution in [0.3, 0.4) is 0 Å². The SMILES string of the molecule is CCS(=O)(=O)N(CC(=O)NN)c1ccc(Br)cc1. The minimum Gasteiger partial charge on any atom is -0.293 e. The number of amides is 1. The van der Waals surface area contributed by atoms with Gasteiger partial charge in [-0.15, -0.1) is 0 Å². The van der Waals surface area contributed by atoms with Crippen molar-refractivity contribution in [1.29, 1.82) is 0 Å². The van der Waals surface area contributed by atoms with Crippen molar-refractivity contribution >= 4 is 37.5 Å². The number of nitrogens with zero attached hydrogens (tertiary/aromatic N) is 1. The summed E-state index contributed by atoms with van der Waals surface area (Å²) in [4.78, 5) is 11.3. The lowest BCUT2D eigenvalue weighted by molar-refractivity contribution is -0.119. The zero-order valence-electron chi connectivity index (χ0n) is 9.76. The number of anilines is 1. The molecule has 0 aliphatic rings. The van der Waals surface area contributed by atoms with Crippen molar-refractivity contribution in [3.05, 3.63) is 28.7 Å². The molecule has 3 N–H and O–H groups in total. The summed E-state index contributed by atoms with van der Waals surface area (Å²) in [5.74, 6) is 4.31. The molecule has 0 aliphatic carbocycles. The van der Waals surface area contributed by atoms with Crippen LogP contribution in [0.1, 0.15) is 6.92 Å². The smallest absolute Gasteiger partial charge is 0.254 e. The molecule has 0 heterocycles. The fourth-order valence-electron chi connectivity index (χ4n) is 1.29. The molecule has 18 heavy (non-hydrogen) atoms. The monoisotopic (exact) mass is 335 g/mol. The van der Waals surface area contributed by atoms with Crippen molar-refractivity contribution in [2.75, 3.05) is 16.6 Å². The lowest BCUT2D eigenvalue weighted by Gasteiger charge is -2.22. The molecule has 0 unspecified atom stereocenters. The largest absolute Gasteiger partial charge is 0.293 e. The standard InChI is InChI=1S/C10H14BrN3O3S/c1-2-18(16,17)14(7-10(15)13-12)9-5-3-8(11)4-6-9/h3-6H,2,7,12H2,1H3,(H,13,15). The normalized spacial score (nSPS) is 11.1. The molecule has 1 amide bonds. The van der Waals surface area contributed by atoms with Crippen LogP contribution in [-0.2, 0) is 14.8 Å². The first kappa shape index (κ1) is 14.9. The van der Waals surface area contributed by atoms with E-state index in [2.05, 4.69) is 15.9 Å². The Kier molecular flexibility index (Phi) is 5.12. The highest BCUT2D eigenvalue weighted by Gasteiger charge is 2.22. The predicted molar refractivity (Wildman–Crippen MR) is 73.3 cm³/mol. The molecule has 1 aromatic carbocycles. The summed E-state index contributed by atoms with van der Waals surface area (Å²) in [5, 5.41) is 0. The van der Waals surface area contributed by atoms with Crippen molar-refractivity contribution in [1.82, 2.24) is 5.43 Å². The number of halogens is 1. The van der Waals surface area contributed by atoms with Crippen molar-refractivity contribution in [2.45, 2.75) is 6.92 Å². The molecule has 6 nitrogen and oxygen atoms in total. The maximum absolute atomic E-state index is 11.9. The molecule has 100 valence electrons. The number of carbonyl (C=O) groups excluding carboxylic acids is 1. The Hall–Kier alpha value is -1.12. The quantitative estimate of drug-likeness (QED) is 0.468. The fraction of sp³-hybridized carbons (Fsp3) is 0.300. The highest BCUT2D eigenvalue weighted by molar-refractivity contribution is 9.10. The number of hydrazine groups is 1. The lowest BCUT2D eigenvalue weighted by atomic mass is 10.3. The number of rotatable bonds is 5. The van der Waals surface area contributed by atoms with Gasteiger partial charge in [0.2, 0.25) is 10.0 Å². The van der Waals surface area contributed by atoms with Crippen LogP contribution in [0.2, 0.25) is 0 Å². The Balaban J connectivity index is 3.12. The number of hydrogen-bond donors (Lipinski definition) is 2. The molecule has 0 atom stereocenters. The Bertz CT molecular complexity index is 516. The van der Waals surface area contributed by atoms with Gasteiger partial charge >= 0.3 is 0 Å². The minimum absolute atomic E-state index is 0.0963. The van der Waals surface area contributed by atoms with Crippen molar-refractivity contribution in [3.8, 4) is 0 Å². The van der Waals surface area contributed by atoms with Gasteiger partial charge in [-0.1, -0.05) is 15.9 Å². The summed E-state index contributed by atoms with van der Waals surface area (Å²) in [6.07, 6.45) is 0. The van der Waals surface area contributed by atoms with Crippen LogP contribution in [-0.4, -0.2) is 26.6 Å². The molecule has 1 aromatic rings. The molecule has 8 heteroatoms. The highest BCUT2D eigenvalue weighted by atomic mass is 79.9. The van der Waals surface area contributed by atoms with E-state index in [9.17, 15) is 13.2 Å². The summed E-state index contributed by atoms with van der Waals surface area (Å²) in [6.45, 7) is 1.18. The third kappa shape index (κ3) is 3.69. The minimum atomic E-state index is -3.53. The maximum Gasteiger partial charge on any atom is 0.254 e. The van der Waals surface area contributed by atoms with Crippen LogP contribution in [0.25, 0.3) is 0 Å². The Morgan fingerprint density at radius 1 is 1.39 bits per heavy atom. The Labute approximate surface area is 114 Å².